The summed E-state index contributed by atoms with van der Waals surface area (Å²) in [5.74, 6) is -0.686. The van der Waals surface area contributed by atoms with Crippen LogP contribution in [0.4, 0.5) is 15.8 Å². The van der Waals surface area contributed by atoms with E-state index in [4.69, 9.17) is 11.6 Å². The van der Waals surface area contributed by atoms with E-state index in [0.717, 1.165) is 25.1 Å². The first kappa shape index (κ1) is 14.3. The van der Waals surface area contributed by atoms with Crippen LogP contribution >= 0.6 is 11.6 Å². The molecule has 0 saturated heterocycles. The van der Waals surface area contributed by atoms with Crippen molar-refractivity contribution < 1.29 is 9.31 Å². The predicted molar refractivity (Wildman–Crippen MR) is 73.4 cm³/mol. The molecule has 0 fully saturated rings. The number of rotatable bonds is 6. The Kier molecular flexibility index (Phi) is 4.52. The average Bonchev–Trinajstić information content (AvgIpc) is 2.91. The Morgan fingerprint density at radius 3 is 2.95 bits per heavy atom. The van der Waals surface area contributed by atoms with Gasteiger partial charge in [-0.25, -0.2) is 9.37 Å². The van der Waals surface area contributed by atoms with Crippen molar-refractivity contribution in [2.24, 2.45) is 0 Å². The van der Waals surface area contributed by atoms with Crippen LogP contribution in [0.15, 0.2) is 30.9 Å². The summed E-state index contributed by atoms with van der Waals surface area (Å²) in [6.07, 6.45) is 5.90. The van der Waals surface area contributed by atoms with Crippen LogP contribution in [0.1, 0.15) is 6.42 Å². The Morgan fingerprint density at radius 1 is 1.50 bits per heavy atom. The molecular weight excluding hydrogens is 287 g/mol. The van der Waals surface area contributed by atoms with Gasteiger partial charge < -0.3 is 9.88 Å². The van der Waals surface area contributed by atoms with Gasteiger partial charge in [-0.15, -0.1) is 0 Å². The first-order valence-corrected chi connectivity index (χ1v) is 6.29. The molecule has 1 heterocycles. The Hall–Kier alpha value is -2.15. The molecule has 1 N–H and O–H groups in total. The molecule has 8 heteroatoms. The van der Waals surface area contributed by atoms with E-state index in [-0.39, 0.29) is 16.4 Å². The van der Waals surface area contributed by atoms with Gasteiger partial charge in [-0.05, 0) is 6.42 Å². The van der Waals surface area contributed by atoms with Crippen LogP contribution in [0, 0.1) is 15.9 Å². The van der Waals surface area contributed by atoms with E-state index in [1.54, 1.807) is 12.5 Å². The molecule has 0 bridgehead atoms. The van der Waals surface area contributed by atoms with Gasteiger partial charge in [0, 0.05) is 37.6 Å². The number of anilines is 1. The lowest BCUT2D eigenvalue weighted by Gasteiger charge is -2.08. The molecule has 0 aliphatic rings. The van der Waals surface area contributed by atoms with Crippen LogP contribution in [-0.4, -0.2) is 21.0 Å². The lowest BCUT2D eigenvalue weighted by molar-refractivity contribution is -0.384. The van der Waals surface area contributed by atoms with Crippen LogP contribution in [0.3, 0.4) is 0 Å². The number of nitrogens with zero attached hydrogens (tertiary/aromatic N) is 3. The molecule has 6 nitrogen and oxygen atoms in total. The molecule has 106 valence electrons. The average molecular weight is 299 g/mol. The topological polar surface area (TPSA) is 73.0 Å². The molecule has 0 unspecified atom stereocenters. The van der Waals surface area contributed by atoms with Gasteiger partial charge in [-0.1, -0.05) is 11.6 Å². The number of hydrogen-bond donors (Lipinski definition) is 1. The van der Waals surface area contributed by atoms with Crippen molar-refractivity contribution in [2.75, 3.05) is 11.9 Å². The van der Waals surface area contributed by atoms with E-state index in [9.17, 15) is 14.5 Å². The standard InChI is InChI=1S/C12H12ClFN4O2/c13-9-6-12(18(19)20)11(7-10(9)14)16-2-1-4-17-5-3-15-8-17/h3,5-8,16H,1-2,4H2. The van der Waals surface area contributed by atoms with Gasteiger partial charge in [-0.3, -0.25) is 10.1 Å². The van der Waals surface area contributed by atoms with Gasteiger partial charge in [0.05, 0.1) is 16.3 Å². The Balaban J connectivity index is 1.98. The SMILES string of the molecule is O=[N+]([O-])c1cc(Cl)c(F)cc1NCCCn1ccnc1. The lowest BCUT2D eigenvalue weighted by atomic mass is 10.2. The molecule has 0 aliphatic heterocycles. The summed E-state index contributed by atoms with van der Waals surface area (Å²) in [5, 5.41) is 13.5. The molecule has 0 aliphatic carbocycles. The molecular formula is C12H12ClFN4O2. The number of nitrogens with one attached hydrogen (secondary N) is 1. The van der Waals surface area contributed by atoms with Crippen molar-refractivity contribution in [1.29, 1.82) is 0 Å². The van der Waals surface area contributed by atoms with Gasteiger partial charge in [-0.2, -0.15) is 0 Å². The van der Waals surface area contributed by atoms with Crippen molar-refractivity contribution in [3.05, 3.63) is 51.8 Å². The van der Waals surface area contributed by atoms with Gasteiger partial charge in [0.2, 0.25) is 0 Å². The quantitative estimate of drug-likeness (QED) is 0.505. The Bertz CT molecular complexity index is 604. The zero-order valence-corrected chi connectivity index (χ0v) is 11.2. The summed E-state index contributed by atoms with van der Waals surface area (Å²) in [6, 6.07) is 2.05. The van der Waals surface area contributed by atoms with Crippen molar-refractivity contribution in [1.82, 2.24) is 9.55 Å². The number of nitro benzene ring substituents is 1. The molecule has 20 heavy (non-hydrogen) atoms. The second-order valence-corrected chi connectivity index (χ2v) is 4.53. The summed E-state index contributed by atoms with van der Waals surface area (Å²) in [6.45, 7) is 1.19. The van der Waals surface area contributed by atoms with Crippen molar-refractivity contribution in [3.63, 3.8) is 0 Å². The molecule has 0 spiro atoms. The van der Waals surface area contributed by atoms with E-state index in [0.29, 0.717) is 6.54 Å². The third-order valence-corrected chi connectivity index (χ3v) is 2.99. The third-order valence-electron chi connectivity index (χ3n) is 2.70. The maximum Gasteiger partial charge on any atom is 0.294 e. The monoisotopic (exact) mass is 298 g/mol. The van der Waals surface area contributed by atoms with Crippen molar-refractivity contribution in [3.8, 4) is 0 Å². The van der Waals surface area contributed by atoms with E-state index < -0.39 is 10.7 Å². The molecule has 0 amide bonds. The van der Waals surface area contributed by atoms with Crippen molar-refractivity contribution in [2.45, 2.75) is 13.0 Å². The summed E-state index contributed by atoms with van der Waals surface area (Å²) in [5.41, 5.74) is -0.110. The zero-order chi connectivity index (χ0) is 14.5. The van der Waals surface area contributed by atoms with E-state index in [1.807, 2.05) is 10.8 Å². The largest absolute Gasteiger partial charge is 0.379 e. The molecule has 1 aromatic carbocycles. The number of benzene rings is 1. The van der Waals surface area contributed by atoms with Crippen LogP contribution in [-0.2, 0) is 6.54 Å². The molecule has 0 radical (unpaired) electrons. The first-order chi connectivity index (χ1) is 9.58. The van der Waals surface area contributed by atoms with Crippen molar-refractivity contribution >= 4 is 23.0 Å². The highest BCUT2D eigenvalue weighted by Gasteiger charge is 2.17. The summed E-state index contributed by atoms with van der Waals surface area (Å²) >= 11 is 5.54. The fraction of sp³-hybridized carbons (Fsp3) is 0.250. The smallest absolute Gasteiger partial charge is 0.294 e. The van der Waals surface area contributed by atoms with Crippen LogP contribution in [0.25, 0.3) is 0 Å². The minimum Gasteiger partial charge on any atom is -0.379 e. The number of halogens is 2. The fourth-order valence-corrected chi connectivity index (χ4v) is 1.89. The maximum absolute atomic E-state index is 13.3. The Labute approximate surface area is 119 Å². The van der Waals surface area contributed by atoms with Crippen LogP contribution < -0.4 is 5.32 Å². The third kappa shape index (κ3) is 3.45. The highest BCUT2D eigenvalue weighted by molar-refractivity contribution is 6.31. The van der Waals surface area contributed by atoms with Crippen LogP contribution in [0.5, 0.6) is 0 Å². The minimum atomic E-state index is -0.686. The summed E-state index contributed by atoms with van der Waals surface area (Å²) in [7, 11) is 0. The highest BCUT2D eigenvalue weighted by Crippen LogP contribution is 2.30. The van der Waals surface area contributed by atoms with E-state index in [2.05, 4.69) is 10.3 Å². The number of imidazole rings is 1. The van der Waals surface area contributed by atoms with E-state index in [1.165, 1.54) is 0 Å². The number of hydrogen-bond acceptors (Lipinski definition) is 4. The molecule has 2 aromatic rings. The van der Waals surface area contributed by atoms with Gasteiger partial charge in [0.15, 0.2) is 0 Å². The second kappa shape index (κ2) is 6.33. The number of aromatic nitrogens is 2. The molecule has 1 aromatic heterocycles. The molecule has 2 rings (SSSR count). The van der Waals surface area contributed by atoms with Gasteiger partial charge in [0.25, 0.3) is 5.69 Å². The summed E-state index contributed by atoms with van der Waals surface area (Å²) < 4.78 is 15.2. The molecule has 0 saturated carbocycles. The van der Waals surface area contributed by atoms with Gasteiger partial charge in [0.1, 0.15) is 11.5 Å². The molecule has 0 atom stereocenters. The Morgan fingerprint density at radius 2 is 2.30 bits per heavy atom. The van der Waals surface area contributed by atoms with Gasteiger partial charge >= 0.3 is 0 Å². The normalized spacial score (nSPS) is 10.5. The number of aryl methyl sites for hydroxylation is 1. The maximum atomic E-state index is 13.3. The fourth-order valence-electron chi connectivity index (χ4n) is 1.73. The lowest BCUT2D eigenvalue weighted by Crippen LogP contribution is -2.07. The van der Waals surface area contributed by atoms with Crippen LogP contribution in [0.2, 0.25) is 5.02 Å². The van der Waals surface area contributed by atoms with E-state index >= 15 is 0 Å². The second-order valence-electron chi connectivity index (χ2n) is 4.12. The predicted octanol–water partition coefficient (Wildman–Crippen LogP) is 3.09. The number of nitro groups is 1. The zero-order valence-electron chi connectivity index (χ0n) is 10.4. The summed E-state index contributed by atoms with van der Waals surface area (Å²) in [4.78, 5) is 14.2. The highest BCUT2D eigenvalue weighted by atomic mass is 35.5. The minimum absolute atomic E-state index is 0.127. The first-order valence-electron chi connectivity index (χ1n) is 5.91.